The van der Waals surface area contributed by atoms with Crippen LogP contribution in [0.25, 0.3) is 10.1 Å². The summed E-state index contributed by atoms with van der Waals surface area (Å²) in [6.07, 6.45) is -3.79. The van der Waals surface area contributed by atoms with Crippen LogP contribution in [0.15, 0.2) is 66.7 Å². The minimum atomic E-state index is -4.85. The van der Waals surface area contributed by atoms with Gasteiger partial charge >= 0.3 is 6.36 Å². The fourth-order valence-electron chi connectivity index (χ4n) is 4.02. The number of hydrogen-bond acceptors (Lipinski definition) is 6. The van der Waals surface area contributed by atoms with Gasteiger partial charge in [-0.25, -0.2) is 8.42 Å². The Morgan fingerprint density at radius 3 is 2.28 bits per heavy atom. The summed E-state index contributed by atoms with van der Waals surface area (Å²) >= 11 is 1.26. The maximum Gasteiger partial charge on any atom is 0.573 e. The highest BCUT2D eigenvalue weighted by molar-refractivity contribution is 7.92. The molecule has 4 aromatic rings. The summed E-state index contributed by atoms with van der Waals surface area (Å²) in [7, 11) is -2.08. The molecule has 0 atom stereocenters. The smallest absolute Gasteiger partial charge is 0.497 e. The van der Waals surface area contributed by atoms with E-state index < -0.39 is 27.6 Å². The third-order valence-electron chi connectivity index (χ3n) is 5.96. The standard InChI is InChI=1S/C27H25F3N2O5S2/c1-26(2,18-13-21(36-3)15-22(14-18)37-27(28,29)30)17-6-5-7-19(12-17)31-25(33)24-11-16-10-20(32-39(4,34)35)8-9-23(16)38-24/h5-15,32H,1-4H3,(H,31,33). The van der Waals surface area contributed by atoms with Gasteiger partial charge in [0.25, 0.3) is 5.91 Å². The molecule has 0 bridgehead atoms. The van der Waals surface area contributed by atoms with Crippen LogP contribution < -0.4 is 19.5 Å². The van der Waals surface area contributed by atoms with Crippen LogP contribution in [0.4, 0.5) is 24.5 Å². The highest BCUT2D eigenvalue weighted by atomic mass is 32.2. The Morgan fingerprint density at radius 2 is 1.62 bits per heavy atom. The maximum atomic E-state index is 13.0. The van der Waals surface area contributed by atoms with Gasteiger partial charge in [0.1, 0.15) is 11.5 Å². The van der Waals surface area contributed by atoms with E-state index in [9.17, 15) is 26.4 Å². The summed E-state index contributed by atoms with van der Waals surface area (Å²) in [5.74, 6) is -0.538. The van der Waals surface area contributed by atoms with Crippen molar-refractivity contribution in [3.05, 3.63) is 82.7 Å². The molecule has 0 spiro atoms. The van der Waals surface area contributed by atoms with Gasteiger partial charge < -0.3 is 14.8 Å². The molecule has 0 saturated carbocycles. The van der Waals surface area contributed by atoms with Crippen LogP contribution in [-0.4, -0.2) is 34.1 Å². The van der Waals surface area contributed by atoms with Crippen molar-refractivity contribution in [2.45, 2.75) is 25.6 Å². The SMILES string of the molecule is COc1cc(OC(F)(F)F)cc(C(C)(C)c2cccc(NC(=O)c3cc4cc(NS(C)(=O)=O)ccc4s3)c2)c1. The summed E-state index contributed by atoms with van der Waals surface area (Å²) in [5, 5.41) is 3.57. The highest BCUT2D eigenvalue weighted by Crippen LogP contribution is 2.38. The molecular formula is C27H25F3N2O5S2. The Morgan fingerprint density at radius 1 is 0.897 bits per heavy atom. The van der Waals surface area contributed by atoms with E-state index in [1.165, 1.54) is 24.5 Å². The molecule has 4 rings (SSSR count). The number of rotatable bonds is 8. The number of methoxy groups -OCH3 is 1. The Labute approximate surface area is 227 Å². The first-order chi connectivity index (χ1) is 18.1. The molecule has 3 aromatic carbocycles. The van der Waals surface area contributed by atoms with Gasteiger partial charge in [-0.15, -0.1) is 24.5 Å². The second-order valence-corrected chi connectivity index (χ2v) is 12.2. The molecule has 0 saturated heterocycles. The zero-order valence-corrected chi connectivity index (χ0v) is 23.0. The quantitative estimate of drug-likeness (QED) is 0.241. The van der Waals surface area contributed by atoms with Crippen molar-refractivity contribution in [1.29, 1.82) is 0 Å². The topological polar surface area (TPSA) is 93.7 Å². The molecule has 39 heavy (non-hydrogen) atoms. The van der Waals surface area contributed by atoms with Gasteiger partial charge in [-0.05, 0) is 65.0 Å². The first-order valence-corrected chi connectivity index (χ1v) is 14.2. The number of amides is 1. The Hall–Kier alpha value is -3.77. The van der Waals surface area contributed by atoms with Crippen molar-refractivity contribution in [1.82, 2.24) is 0 Å². The summed E-state index contributed by atoms with van der Waals surface area (Å²) < 4.78 is 74.2. The Bertz CT molecular complexity index is 1650. The lowest BCUT2D eigenvalue weighted by atomic mass is 9.78. The molecule has 206 valence electrons. The van der Waals surface area contributed by atoms with Crippen LogP contribution in [-0.2, 0) is 15.4 Å². The number of thiophene rings is 1. The first kappa shape index (κ1) is 28.2. The van der Waals surface area contributed by atoms with E-state index >= 15 is 0 Å². The number of benzene rings is 3. The highest BCUT2D eigenvalue weighted by Gasteiger charge is 2.33. The molecule has 0 aliphatic rings. The number of anilines is 2. The van der Waals surface area contributed by atoms with Gasteiger partial charge in [0.2, 0.25) is 10.0 Å². The van der Waals surface area contributed by atoms with E-state index in [4.69, 9.17) is 4.74 Å². The van der Waals surface area contributed by atoms with Crippen LogP contribution in [0.3, 0.4) is 0 Å². The van der Waals surface area contributed by atoms with Gasteiger partial charge in [0.05, 0.1) is 18.2 Å². The van der Waals surface area contributed by atoms with E-state index in [-0.39, 0.29) is 11.7 Å². The molecule has 7 nitrogen and oxygen atoms in total. The zero-order chi connectivity index (χ0) is 28.6. The van der Waals surface area contributed by atoms with E-state index in [0.717, 1.165) is 22.6 Å². The largest absolute Gasteiger partial charge is 0.573 e. The van der Waals surface area contributed by atoms with Crippen molar-refractivity contribution < 1.29 is 35.9 Å². The summed E-state index contributed by atoms with van der Waals surface area (Å²) in [6, 6.07) is 17.8. The Balaban J connectivity index is 1.59. The van der Waals surface area contributed by atoms with Gasteiger partial charge in [0, 0.05) is 27.6 Å². The number of halogens is 3. The number of sulfonamides is 1. The van der Waals surface area contributed by atoms with E-state index in [2.05, 4.69) is 14.8 Å². The molecule has 0 aliphatic heterocycles. The predicted molar refractivity (Wildman–Crippen MR) is 146 cm³/mol. The van der Waals surface area contributed by atoms with E-state index in [1.807, 2.05) is 19.9 Å². The van der Waals surface area contributed by atoms with Crippen LogP contribution in [0.1, 0.15) is 34.6 Å². The van der Waals surface area contributed by atoms with Crippen molar-refractivity contribution in [2.75, 3.05) is 23.4 Å². The van der Waals surface area contributed by atoms with Gasteiger partial charge in [0.15, 0.2) is 0 Å². The number of nitrogens with one attached hydrogen (secondary N) is 2. The number of carbonyl (C=O) groups is 1. The molecule has 12 heteroatoms. The number of carbonyl (C=O) groups excluding carboxylic acids is 1. The molecule has 0 unspecified atom stereocenters. The average molecular weight is 579 g/mol. The normalized spacial score (nSPS) is 12.3. The lowest BCUT2D eigenvalue weighted by Crippen LogP contribution is -2.21. The van der Waals surface area contributed by atoms with Crippen molar-refractivity contribution in [2.24, 2.45) is 0 Å². The molecule has 2 N–H and O–H groups in total. The van der Waals surface area contributed by atoms with E-state index in [1.54, 1.807) is 48.5 Å². The number of alkyl halides is 3. The summed E-state index contributed by atoms with van der Waals surface area (Å²) in [5.41, 5.74) is 1.37. The molecule has 0 aliphatic carbocycles. The molecule has 1 amide bonds. The molecule has 1 aromatic heterocycles. The minimum absolute atomic E-state index is 0.212. The van der Waals surface area contributed by atoms with Crippen molar-refractivity contribution in [3.8, 4) is 11.5 Å². The predicted octanol–water partition coefficient (Wildman–Crippen LogP) is 6.76. The molecule has 0 radical (unpaired) electrons. The zero-order valence-electron chi connectivity index (χ0n) is 21.3. The monoisotopic (exact) mass is 578 g/mol. The lowest BCUT2D eigenvalue weighted by molar-refractivity contribution is -0.274. The van der Waals surface area contributed by atoms with Gasteiger partial charge in [-0.3, -0.25) is 9.52 Å². The Kier molecular flexibility index (Phi) is 7.55. The second kappa shape index (κ2) is 10.4. The molecule has 1 heterocycles. The van der Waals surface area contributed by atoms with Crippen LogP contribution in [0.2, 0.25) is 0 Å². The number of fused-ring (bicyclic) bond motifs is 1. The summed E-state index contributed by atoms with van der Waals surface area (Å²) in [6.45, 7) is 3.68. The van der Waals surface area contributed by atoms with Crippen molar-refractivity contribution in [3.63, 3.8) is 0 Å². The fraction of sp³-hybridized carbons (Fsp3) is 0.222. The molecular weight excluding hydrogens is 553 g/mol. The first-order valence-electron chi connectivity index (χ1n) is 11.5. The van der Waals surface area contributed by atoms with Crippen molar-refractivity contribution >= 4 is 48.7 Å². The summed E-state index contributed by atoms with van der Waals surface area (Å²) in [4.78, 5) is 13.5. The van der Waals surface area contributed by atoms with Crippen LogP contribution >= 0.6 is 11.3 Å². The average Bonchev–Trinajstić information content (AvgIpc) is 3.25. The number of ether oxygens (including phenoxy) is 2. The fourth-order valence-corrected chi connectivity index (χ4v) is 5.51. The van der Waals surface area contributed by atoms with E-state index in [0.29, 0.717) is 27.2 Å². The lowest BCUT2D eigenvalue weighted by Gasteiger charge is -2.27. The number of hydrogen-bond donors (Lipinski definition) is 2. The second-order valence-electron chi connectivity index (χ2n) is 9.34. The van der Waals surface area contributed by atoms with Gasteiger partial charge in [-0.1, -0.05) is 26.0 Å². The third kappa shape index (κ3) is 7.01. The van der Waals surface area contributed by atoms with Crippen LogP contribution in [0, 0.1) is 0 Å². The third-order valence-corrected chi connectivity index (χ3v) is 7.68. The maximum absolute atomic E-state index is 13.0. The molecule has 0 fully saturated rings. The minimum Gasteiger partial charge on any atom is -0.497 e. The van der Waals surface area contributed by atoms with Gasteiger partial charge in [-0.2, -0.15) is 0 Å². The van der Waals surface area contributed by atoms with Crippen LogP contribution in [0.5, 0.6) is 11.5 Å².